The van der Waals surface area contributed by atoms with E-state index in [0.29, 0.717) is 22.6 Å². The molecule has 0 aliphatic carbocycles. The lowest BCUT2D eigenvalue weighted by Crippen LogP contribution is -2.41. The summed E-state index contributed by atoms with van der Waals surface area (Å²) in [5.74, 6) is 0.00676. The largest absolute Gasteiger partial charge is 0.493 e. The first-order valence-corrected chi connectivity index (χ1v) is 6.38. The van der Waals surface area contributed by atoms with Crippen LogP contribution in [-0.4, -0.2) is 31.0 Å². The molecule has 2 amide bonds. The molecule has 114 valence electrons. The minimum absolute atomic E-state index is 0.323. The predicted octanol–water partition coefficient (Wildman–Crippen LogP) is 1.17. The lowest BCUT2D eigenvalue weighted by Gasteiger charge is -2.10. The van der Waals surface area contributed by atoms with Crippen molar-refractivity contribution in [2.75, 3.05) is 14.2 Å². The number of nitrogens with one attached hydrogen (secondary N) is 2. The molecule has 0 saturated carbocycles. The highest BCUT2D eigenvalue weighted by molar-refractivity contribution is 5.99. The summed E-state index contributed by atoms with van der Waals surface area (Å²) in [5, 5.41) is 0. The van der Waals surface area contributed by atoms with Crippen LogP contribution in [0.4, 0.5) is 0 Å². The van der Waals surface area contributed by atoms with E-state index in [1.54, 1.807) is 30.5 Å². The molecule has 0 fully saturated rings. The number of amides is 2. The molecule has 1 heterocycles. The average Bonchev–Trinajstić information content (AvgIpc) is 2.59. The van der Waals surface area contributed by atoms with Gasteiger partial charge in [-0.2, -0.15) is 0 Å². The normalized spacial score (nSPS) is 9.73. The van der Waals surface area contributed by atoms with Gasteiger partial charge in [0.2, 0.25) is 0 Å². The summed E-state index contributed by atoms with van der Waals surface area (Å²) < 4.78 is 10.2. The van der Waals surface area contributed by atoms with Gasteiger partial charge in [0.05, 0.1) is 19.8 Å². The van der Waals surface area contributed by atoms with E-state index < -0.39 is 11.8 Å². The maximum atomic E-state index is 12.0. The molecule has 0 atom stereocenters. The topological polar surface area (TPSA) is 89.6 Å². The van der Waals surface area contributed by atoms with E-state index in [-0.39, 0.29) is 0 Å². The molecular weight excluding hydrogens is 286 g/mol. The summed E-state index contributed by atoms with van der Waals surface area (Å²) in [7, 11) is 2.98. The molecule has 7 heteroatoms. The summed E-state index contributed by atoms with van der Waals surface area (Å²) in [6.07, 6.45) is 2.96. The second kappa shape index (κ2) is 7.07. The van der Waals surface area contributed by atoms with Crippen LogP contribution < -0.4 is 20.3 Å². The molecule has 0 unspecified atom stereocenters. The molecule has 2 aromatic rings. The number of hydrazine groups is 1. The minimum atomic E-state index is -0.474. The number of benzene rings is 1. The van der Waals surface area contributed by atoms with Crippen LogP contribution in [0.5, 0.6) is 11.5 Å². The van der Waals surface area contributed by atoms with Crippen LogP contribution in [0.15, 0.2) is 42.7 Å². The predicted molar refractivity (Wildman–Crippen MR) is 78.7 cm³/mol. The average molecular weight is 301 g/mol. The Hall–Kier alpha value is -3.09. The van der Waals surface area contributed by atoms with E-state index in [1.165, 1.54) is 26.5 Å². The van der Waals surface area contributed by atoms with Gasteiger partial charge in [-0.15, -0.1) is 0 Å². The van der Waals surface area contributed by atoms with Crippen molar-refractivity contribution in [2.45, 2.75) is 0 Å². The van der Waals surface area contributed by atoms with E-state index in [1.807, 2.05) is 0 Å². The summed E-state index contributed by atoms with van der Waals surface area (Å²) in [4.78, 5) is 27.6. The Morgan fingerprint density at radius 1 is 0.955 bits per heavy atom. The highest BCUT2D eigenvalue weighted by atomic mass is 16.5. The van der Waals surface area contributed by atoms with E-state index in [2.05, 4.69) is 15.8 Å². The highest BCUT2D eigenvalue weighted by Crippen LogP contribution is 2.27. The molecule has 2 N–H and O–H groups in total. The number of nitrogens with zero attached hydrogens (tertiary/aromatic N) is 1. The van der Waals surface area contributed by atoms with E-state index >= 15 is 0 Å². The maximum Gasteiger partial charge on any atom is 0.271 e. The Bertz CT molecular complexity index is 674. The number of methoxy groups -OCH3 is 2. The number of ether oxygens (including phenoxy) is 2. The molecule has 22 heavy (non-hydrogen) atoms. The summed E-state index contributed by atoms with van der Waals surface area (Å²) in [6, 6.07) is 7.91. The second-order valence-corrected chi connectivity index (χ2v) is 4.22. The van der Waals surface area contributed by atoms with Crippen molar-refractivity contribution in [3.05, 3.63) is 53.9 Å². The fourth-order valence-electron chi connectivity index (χ4n) is 1.73. The van der Waals surface area contributed by atoms with Crippen LogP contribution in [0, 0.1) is 0 Å². The Morgan fingerprint density at radius 2 is 1.64 bits per heavy atom. The summed E-state index contributed by atoms with van der Waals surface area (Å²) >= 11 is 0. The molecular formula is C15H15N3O4. The van der Waals surface area contributed by atoms with Crippen molar-refractivity contribution in [3.63, 3.8) is 0 Å². The van der Waals surface area contributed by atoms with E-state index in [4.69, 9.17) is 9.47 Å². The van der Waals surface area contributed by atoms with Gasteiger partial charge >= 0.3 is 0 Å². The summed E-state index contributed by atoms with van der Waals surface area (Å²) in [6.45, 7) is 0. The second-order valence-electron chi connectivity index (χ2n) is 4.22. The first-order valence-electron chi connectivity index (χ1n) is 6.38. The first kappa shape index (κ1) is 15.3. The first-order chi connectivity index (χ1) is 10.7. The Balaban J connectivity index is 2.02. The van der Waals surface area contributed by atoms with Gasteiger partial charge in [-0.25, -0.2) is 0 Å². The van der Waals surface area contributed by atoms with E-state index in [0.717, 1.165) is 0 Å². The zero-order valence-electron chi connectivity index (χ0n) is 12.1. The number of pyridine rings is 1. The Kier molecular flexibility index (Phi) is 4.92. The van der Waals surface area contributed by atoms with Crippen molar-refractivity contribution < 1.29 is 19.1 Å². The number of carbonyl (C=O) groups is 2. The fraction of sp³-hybridized carbons (Fsp3) is 0.133. The molecule has 0 aliphatic heterocycles. The molecule has 0 radical (unpaired) electrons. The smallest absolute Gasteiger partial charge is 0.271 e. The zero-order valence-corrected chi connectivity index (χ0v) is 12.1. The molecule has 1 aromatic carbocycles. The third-order valence-corrected chi connectivity index (χ3v) is 2.86. The van der Waals surface area contributed by atoms with Crippen LogP contribution in [0.3, 0.4) is 0 Å². The monoisotopic (exact) mass is 301 g/mol. The van der Waals surface area contributed by atoms with Crippen LogP contribution in [0.25, 0.3) is 0 Å². The quantitative estimate of drug-likeness (QED) is 0.828. The minimum Gasteiger partial charge on any atom is -0.493 e. The van der Waals surface area contributed by atoms with Crippen molar-refractivity contribution >= 4 is 11.8 Å². The molecule has 7 nitrogen and oxygen atoms in total. The number of aromatic nitrogens is 1. The Labute approximate surface area is 127 Å². The third-order valence-electron chi connectivity index (χ3n) is 2.86. The molecule has 0 aliphatic rings. The SMILES string of the molecule is COc1ccc(C(=O)NNC(=O)c2cccnc2)cc1OC. The van der Waals surface area contributed by atoms with Gasteiger partial charge in [0.1, 0.15) is 0 Å². The van der Waals surface area contributed by atoms with Gasteiger partial charge in [0.15, 0.2) is 11.5 Å². The standard InChI is InChI=1S/C15H15N3O4/c1-21-12-6-5-10(8-13(12)22-2)14(19)17-18-15(20)11-4-3-7-16-9-11/h3-9H,1-2H3,(H,17,19)(H,18,20). The van der Waals surface area contributed by atoms with E-state index in [9.17, 15) is 9.59 Å². The van der Waals surface area contributed by atoms with Gasteiger partial charge in [-0.05, 0) is 30.3 Å². The lowest BCUT2D eigenvalue weighted by molar-refractivity contribution is 0.0846. The van der Waals surface area contributed by atoms with Gasteiger partial charge < -0.3 is 9.47 Å². The van der Waals surface area contributed by atoms with Crippen LogP contribution in [-0.2, 0) is 0 Å². The van der Waals surface area contributed by atoms with Gasteiger partial charge in [-0.1, -0.05) is 0 Å². The van der Waals surface area contributed by atoms with Crippen molar-refractivity contribution in [1.29, 1.82) is 0 Å². The fourth-order valence-corrected chi connectivity index (χ4v) is 1.73. The highest BCUT2D eigenvalue weighted by Gasteiger charge is 2.12. The van der Waals surface area contributed by atoms with Gasteiger partial charge in [-0.3, -0.25) is 25.4 Å². The van der Waals surface area contributed by atoms with Crippen molar-refractivity contribution in [1.82, 2.24) is 15.8 Å². The molecule has 0 saturated heterocycles. The van der Waals surface area contributed by atoms with Gasteiger partial charge in [0.25, 0.3) is 11.8 Å². The maximum absolute atomic E-state index is 12.0. The van der Waals surface area contributed by atoms with Gasteiger partial charge in [0, 0.05) is 18.0 Å². The number of hydrogen-bond donors (Lipinski definition) is 2. The molecule has 0 bridgehead atoms. The lowest BCUT2D eigenvalue weighted by atomic mass is 10.2. The molecule has 1 aromatic heterocycles. The molecule has 2 rings (SSSR count). The number of rotatable bonds is 4. The number of hydrogen-bond acceptors (Lipinski definition) is 5. The third kappa shape index (κ3) is 3.51. The van der Waals surface area contributed by atoms with Crippen LogP contribution in [0.2, 0.25) is 0 Å². The summed E-state index contributed by atoms with van der Waals surface area (Å²) in [5.41, 5.74) is 5.30. The van der Waals surface area contributed by atoms with Crippen molar-refractivity contribution in [3.8, 4) is 11.5 Å². The molecule has 0 spiro atoms. The van der Waals surface area contributed by atoms with Crippen LogP contribution >= 0.6 is 0 Å². The van der Waals surface area contributed by atoms with Crippen LogP contribution in [0.1, 0.15) is 20.7 Å². The van der Waals surface area contributed by atoms with Crippen molar-refractivity contribution in [2.24, 2.45) is 0 Å². The Morgan fingerprint density at radius 3 is 2.23 bits per heavy atom. The number of carbonyl (C=O) groups excluding carboxylic acids is 2. The zero-order chi connectivity index (χ0) is 15.9.